The van der Waals surface area contributed by atoms with Gasteiger partial charge < -0.3 is 0 Å². The van der Waals surface area contributed by atoms with Crippen LogP contribution in [-0.2, 0) is 0 Å². The molecule has 1 heterocycles. The lowest BCUT2D eigenvalue weighted by molar-refractivity contribution is 1.20. The molecule has 1 rings (SSSR count). The van der Waals surface area contributed by atoms with E-state index in [0.29, 0.717) is 5.82 Å². The third-order valence-electron chi connectivity index (χ3n) is 0.570. The molecule has 0 amide bonds. The lowest BCUT2D eigenvalue weighted by Gasteiger charge is -1.67. The fraction of sp³-hybridized carbons (Fsp3) is 0.250. The van der Waals surface area contributed by atoms with Gasteiger partial charge in [0.15, 0.2) is 0 Å². The van der Waals surface area contributed by atoms with Crippen LogP contribution in [0.2, 0.25) is 0 Å². The Morgan fingerprint density at radius 3 is 2.57 bits per heavy atom. The summed E-state index contributed by atoms with van der Waals surface area (Å²) in [5.41, 5.74) is 0. The molecule has 1 aromatic rings. The van der Waals surface area contributed by atoms with Gasteiger partial charge in [-0.1, -0.05) is 0 Å². The Balaban J connectivity index is 3.04. The first-order valence-corrected chi connectivity index (χ1v) is 2.68. The van der Waals surface area contributed by atoms with E-state index in [2.05, 4.69) is 16.3 Å². The lowest BCUT2D eigenvalue weighted by Crippen LogP contribution is -1.70. The molecule has 1 radical (unpaired) electrons. The molecule has 0 N–H and O–H groups in total. The molecular formula is C4H5N2S. The molecular weight excluding hydrogens is 108 g/mol. The van der Waals surface area contributed by atoms with Crippen LogP contribution < -0.4 is 0 Å². The SMILES string of the molecule is [CH2]c1nsc(C)n1. The van der Waals surface area contributed by atoms with Crippen LogP contribution in [0, 0.1) is 13.8 Å². The van der Waals surface area contributed by atoms with E-state index in [9.17, 15) is 0 Å². The van der Waals surface area contributed by atoms with Gasteiger partial charge in [-0.2, -0.15) is 4.37 Å². The molecule has 7 heavy (non-hydrogen) atoms. The smallest absolute Gasteiger partial charge is 0.143 e. The van der Waals surface area contributed by atoms with Crippen LogP contribution in [0.4, 0.5) is 0 Å². The Kier molecular flexibility index (Phi) is 1.06. The van der Waals surface area contributed by atoms with E-state index in [-0.39, 0.29) is 0 Å². The van der Waals surface area contributed by atoms with Gasteiger partial charge in [0.2, 0.25) is 0 Å². The van der Waals surface area contributed by atoms with Gasteiger partial charge >= 0.3 is 0 Å². The molecule has 3 heteroatoms. The van der Waals surface area contributed by atoms with Crippen molar-refractivity contribution in [3.05, 3.63) is 17.8 Å². The minimum absolute atomic E-state index is 0.627. The fourth-order valence-corrected chi connectivity index (χ4v) is 0.766. The van der Waals surface area contributed by atoms with Crippen molar-refractivity contribution in [1.82, 2.24) is 9.36 Å². The Bertz CT molecular complexity index is 142. The maximum atomic E-state index is 3.91. The molecule has 1 aromatic heterocycles. The van der Waals surface area contributed by atoms with E-state index in [1.807, 2.05) is 6.92 Å². The summed E-state index contributed by atoms with van der Waals surface area (Å²) in [7, 11) is 0. The average Bonchev–Trinajstić information content (AvgIpc) is 1.87. The second-order valence-corrected chi connectivity index (χ2v) is 2.19. The summed E-state index contributed by atoms with van der Waals surface area (Å²) in [5.74, 6) is 0.627. The Morgan fingerprint density at radius 2 is 2.43 bits per heavy atom. The first-order chi connectivity index (χ1) is 3.29. The molecule has 0 saturated heterocycles. The summed E-state index contributed by atoms with van der Waals surface area (Å²) in [4.78, 5) is 3.91. The van der Waals surface area contributed by atoms with E-state index in [0.717, 1.165) is 5.01 Å². The van der Waals surface area contributed by atoms with Crippen molar-refractivity contribution in [2.24, 2.45) is 0 Å². The van der Waals surface area contributed by atoms with Crippen LogP contribution in [0.5, 0.6) is 0 Å². The summed E-state index contributed by atoms with van der Waals surface area (Å²) in [6.45, 7) is 5.44. The van der Waals surface area contributed by atoms with Crippen molar-refractivity contribution >= 4 is 11.5 Å². The topological polar surface area (TPSA) is 25.8 Å². The Hall–Kier alpha value is -0.440. The molecule has 0 unspecified atom stereocenters. The number of aryl methyl sites for hydroxylation is 1. The first kappa shape index (κ1) is 4.71. The summed E-state index contributed by atoms with van der Waals surface area (Å²) in [6.07, 6.45) is 0. The van der Waals surface area contributed by atoms with E-state index < -0.39 is 0 Å². The molecule has 0 aliphatic carbocycles. The molecule has 0 fully saturated rings. The monoisotopic (exact) mass is 113 g/mol. The lowest BCUT2D eigenvalue weighted by atomic mass is 10.7. The predicted molar refractivity (Wildman–Crippen MR) is 29.1 cm³/mol. The summed E-state index contributed by atoms with van der Waals surface area (Å²) >= 11 is 1.38. The highest BCUT2D eigenvalue weighted by molar-refractivity contribution is 7.05. The predicted octanol–water partition coefficient (Wildman–Crippen LogP) is 1.03. The van der Waals surface area contributed by atoms with Crippen LogP contribution in [0.15, 0.2) is 0 Å². The standard InChI is InChI=1S/C4H5N2S/c1-3-5-4(2)7-6-3/h1H2,2H3. The van der Waals surface area contributed by atoms with Crippen molar-refractivity contribution in [3.8, 4) is 0 Å². The molecule has 0 aliphatic heterocycles. The van der Waals surface area contributed by atoms with Crippen LogP contribution in [-0.4, -0.2) is 9.36 Å². The minimum Gasteiger partial charge on any atom is -0.225 e. The van der Waals surface area contributed by atoms with Crippen LogP contribution >= 0.6 is 11.5 Å². The highest BCUT2D eigenvalue weighted by Gasteiger charge is 1.88. The second kappa shape index (κ2) is 1.58. The maximum Gasteiger partial charge on any atom is 0.143 e. The van der Waals surface area contributed by atoms with Gasteiger partial charge in [0.05, 0.1) is 0 Å². The second-order valence-electron chi connectivity index (χ2n) is 1.23. The van der Waals surface area contributed by atoms with E-state index in [1.165, 1.54) is 11.5 Å². The van der Waals surface area contributed by atoms with Crippen molar-refractivity contribution in [3.63, 3.8) is 0 Å². The average molecular weight is 113 g/mol. The van der Waals surface area contributed by atoms with E-state index >= 15 is 0 Å². The molecule has 0 atom stereocenters. The summed E-state index contributed by atoms with van der Waals surface area (Å²) in [5, 5.41) is 0.977. The number of nitrogens with zero attached hydrogens (tertiary/aromatic N) is 2. The molecule has 37 valence electrons. The van der Waals surface area contributed by atoms with E-state index in [1.54, 1.807) is 0 Å². The largest absolute Gasteiger partial charge is 0.225 e. The van der Waals surface area contributed by atoms with Crippen molar-refractivity contribution < 1.29 is 0 Å². The molecule has 0 saturated carbocycles. The van der Waals surface area contributed by atoms with Gasteiger partial charge in [-0.05, 0) is 18.5 Å². The van der Waals surface area contributed by atoms with Gasteiger partial charge in [-0.3, -0.25) is 0 Å². The highest BCUT2D eigenvalue weighted by atomic mass is 32.1. The number of hydrogen-bond acceptors (Lipinski definition) is 3. The summed E-state index contributed by atoms with van der Waals surface area (Å²) in [6, 6.07) is 0. The Morgan fingerprint density at radius 1 is 1.71 bits per heavy atom. The quantitative estimate of drug-likeness (QED) is 0.502. The molecule has 0 spiro atoms. The van der Waals surface area contributed by atoms with Crippen LogP contribution in [0.3, 0.4) is 0 Å². The van der Waals surface area contributed by atoms with Gasteiger partial charge in [0.25, 0.3) is 0 Å². The normalized spacial score (nSPS) is 9.43. The Labute approximate surface area is 46.4 Å². The van der Waals surface area contributed by atoms with E-state index in [4.69, 9.17) is 0 Å². The fourth-order valence-electron chi connectivity index (χ4n) is 0.341. The highest BCUT2D eigenvalue weighted by Crippen LogP contribution is 1.98. The zero-order valence-electron chi connectivity index (χ0n) is 4.01. The van der Waals surface area contributed by atoms with Gasteiger partial charge in [-0.15, -0.1) is 0 Å². The van der Waals surface area contributed by atoms with Gasteiger partial charge in [0.1, 0.15) is 10.8 Å². The maximum absolute atomic E-state index is 3.91. The summed E-state index contributed by atoms with van der Waals surface area (Å²) < 4.78 is 3.84. The minimum atomic E-state index is 0.627. The number of rotatable bonds is 0. The van der Waals surface area contributed by atoms with Crippen LogP contribution in [0.25, 0.3) is 0 Å². The molecule has 0 bridgehead atoms. The van der Waals surface area contributed by atoms with Crippen molar-refractivity contribution in [2.75, 3.05) is 0 Å². The number of aromatic nitrogens is 2. The third kappa shape index (κ3) is 0.962. The van der Waals surface area contributed by atoms with Gasteiger partial charge in [0, 0.05) is 6.92 Å². The molecule has 2 nitrogen and oxygen atoms in total. The van der Waals surface area contributed by atoms with Crippen molar-refractivity contribution in [1.29, 1.82) is 0 Å². The molecule has 0 aromatic carbocycles. The first-order valence-electron chi connectivity index (χ1n) is 1.91. The van der Waals surface area contributed by atoms with Crippen molar-refractivity contribution in [2.45, 2.75) is 6.92 Å². The zero-order valence-corrected chi connectivity index (χ0v) is 4.83. The number of hydrogen-bond donors (Lipinski definition) is 0. The molecule has 0 aliphatic rings. The van der Waals surface area contributed by atoms with Crippen LogP contribution in [0.1, 0.15) is 10.8 Å². The third-order valence-corrected chi connectivity index (χ3v) is 1.23. The van der Waals surface area contributed by atoms with Gasteiger partial charge in [-0.25, -0.2) is 4.98 Å². The zero-order chi connectivity index (χ0) is 5.28.